The van der Waals surface area contributed by atoms with Gasteiger partial charge in [0.2, 0.25) is 17.1 Å². The zero-order valence-corrected chi connectivity index (χ0v) is 25.7. The summed E-state index contributed by atoms with van der Waals surface area (Å²) in [5.41, 5.74) is 3.15. The predicted molar refractivity (Wildman–Crippen MR) is 165 cm³/mol. The zero-order valence-electron chi connectivity index (χ0n) is 25.7. The number of rotatable bonds is 17. The van der Waals surface area contributed by atoms with Crippen molar-refractivity contribution in [2.75, 3.05) is 28.4 Å². The molecule has 0 fully saturated rings. The molecule has 3 rings (SSSR count). The van der Waals surface area contributed by atoms with Gasteiger partial charge in [0.1, 0.15) is 0 Å². The highest BCUT2D eigenvalue weighted by Gasteiger charge is 2.29. The van der Waals surface area contributed by atoms with Gasteiger partial charge in [0.25, 0.3) is 0 Å². The maximum Gasteiger partial charge on any atom is 0.220 e. The van der Waals surface area contributed by atoms with Crippen molar-refractivity contribution in [1.82, 2.24) is 5.32 Å². The molecule has 1 N–H and O–H groups in total. The van der Waals surface area contributed by atoms with Crippen molar-refractivity contribution < 1.29 is 23.7 Å². The number of hydrogen-bond donors (Lipinski definition) is 1. The van der Waals surface area contributed by atoms with Gasteiger partial charge in [0.05, 0.1) is 34.5 Å². The highest BCUT2D eigenvalue weighted by Crippen LogP contribution is 2.50. The number of methoxy groups -OCH3 is 4. The third kappa shape index (κ3) is 8.64. The van der Waals surface area contributed by atoms with Crippen molar-refractivity contribution in [3.8, 4) is 34.1 Å². The van der Waals surface area contributed by atoms with Gasteiger partial charge in [-0.1, -0.05) is 77.2 Å². The van der Waals surface area contributed by atoms with Gasteiger partial charge >= 0.3 is 0 Å². The molecule has 0 radical (unpaired) electrons. The molecule has 0 spiro atoms. The van der Waals surface area contributed by atoms with Crippen LogP contribution in [0.2, 0.25) is 0 Å². The average molecular weight is 568 g/mol. The van der Waals surface area contributed by atoms with Crippen LogP contribution in [0.1, 0.15) is 108 Å². The number of carbonyl (C=O) groups excluding carboxylic acids is 1. The van der Waals surface area contributed by atoms with E-state index in [4.69, 9.17) is 18.9 Å². The van der Waals surface area contributed by atoms with E-state index < -0.39 is 0 Å². The molecule has 2 aromatic carbocycles. The molecule has 2 aromatic rings. The van der Waals surface area contributed by atoms with Gasteiger partial charge in [-0.05, 0) is 54.2 Å². The zero-order chi connectivity index (χ0) is 29.6. The first-order valence-electron chi connectivity index (χ1n) is 15.3. The van der Waals surface area contributed by atoms with E-state index in [-0.39, 0.29) is 23.1 Å². The van der Waals surface area contributed by atoms with E-state index in [1.165, 1.54) is 64.9 Å². The monoisotopic (exact) mass is 567 g/mol. The number of unbranched alkanes of at least 4 members (excludes halogenated alkanes) is 10. The van der Waals surface area contributed by atoms with Crippen molar-refractivity contribution in [2.24, 2.45) is 0 Å². The molecule has 1 amide bonds. The molecule has 0 saturated heterocycles. The minimum atomic E-state index is -0.330. The Labute approximate surface area is 245 Å². The molecule has 0 saturated carbocycles. The van der Waals surface area contributed by atoms with Crippen LogP contribution in [0.3, 0.4) is 0 Å². The van der Waals surface area contributed by atoms with E-state index in [0.29, 0.717) is 36.5 Å². The number of hydrogen-bond acceptors (Lipinski definition) is 6. The molecule has 7 nitrogen and oxygen atoms in total. The predicted octanol–water partition coefficient (Wildman–Crippen LogP) is 7.55. The molecule has 0 aromatic heterocycles. The first-order valence-corrected chi connectivity index (χ1v) is 15.3. The van der Waals surface area contributed by atoms with Crippen LogP contribution < -0.4 is 29.7 Å². The Morgan fingerprint density at radius 3 is 1.98 bits per heavy atom. The molecule has 226 valence electrons. The third-order valence-corrected chi connectivity index (χ3v) is 8.06. The van der Waals surface area contributed by atoms with Crippen molar-refractivity contribution >= 4 is 5.91 Å². The van der Waals surface area contributed by atoms with Crippen LogP contribution in [0.4, 0.5) is 0 Å². The summed E-state index contributed by atoms with van der Waals surface area (Å²) in [5, 5.41) is 3.24. The van der Waals surface area contributed by atoms with E-state index in [9.17, 15) is 9.59 Å². The Morgan fingerprint density at radius 2 is 1.39 bits per heavy atom. The lowest BCUT2D eigenvalue weighted by atomic mass is 9.95. The fraction of sp³-hybridized carbons (Fsp3) is 0.588. The maximum absolute atomic E-state index is 13.1. The lowest BCUT2D eigenvalue weighted by molar-refractivity contribution is -0.122. The summed E-state index contributed by atoms with van der Waals surface area (Å²) in [4.78, 5) is 26.1. The molecule has 1 atom stereocenters. The summed E-state index contributed by atoms with van der Waals surface area (Å²) in [5.74, 6) is 1.85. The molecule has 1 aliphatic rings. The summed E-state index contributed by atoms with van der Waals surface area (Å²) >= 11 is 0. The van der Waals surface area contributed by atoms with Crippen LogP contribution in [-0.4, -0.2) is 34.3 Å². The fourth-order valence-electron chi connectivity index (χ4n) is 5.83. The second-order valence-corrected chi connectivity index (χ2v) is 10.9. The van der Waals surface area contributed by atoms with E-state index >= 15 is 0 Å². The molecule has 0 bridgehead atoms. The standard InChI is InChI=1S/C34H49NO6/c1-6-7-8-9-10-11-12-13-14-15-16-17-31(37)35-27-20-18-24-22-30(39-3)33(40-4)34(41-5)32(24)25-19-21-29(38-2)28(36)23-26(25)27/h19,21-23,27H,6-18,20H2,1-5H3,(H,35,37)/t27-/m0/s1. The number of nitrogens with one attached hydrogen (secondary N) is 1. The van der Waals surface area contributed by atoms with Crippen LogP contribution in [0.15, 0.2) is 29.1 Å². The number of benzene rings is 1. The van der Waals surface area contributed by atoms with Crippen molar-refractivity contribution in [2.45, 2.75) is 103 Å². The summed E-state index contributed by atoms with van der Waals surface area (Å²) in [6.07, 6.45) is 15.4. The second kappa shape index (κ2) is 16.9. The Morgan fingerprint density at radius 1 is 0.780 bits per heavy atom. The quantitative estimate of drug-likeness (QED) is 0.199. The lowest BCUT2D eigenvalue weighted by Crippen LogP contribution is -2.28. The molecule has 7 heteroatoms. The third-order valence-electron chi connectivity index (χ3n) is 8.06. The first kappa shape index (κ1) is 32.3. The van der Waals surface area contributed by atoms with Crippen molar-refractivity contribution in [3.63, 3.8) is 0 Å². The van der Waals surface area contributed by atoms with Crippen LogP contribution >= 0.6 is 0 Å². The number of ether oxygens (including phenoxy) is 4. The van der Waals surface area contributed by atoms with Gasteiger partial charge in [-0.15, -0.1) is 0 Å². The van der Waals surface area contributed by atoms with Crippen LogP contribution in [-0.2, 0) is 11.2 Å². The molecule has 0 aliphatic heterocycles. The summed E-state index contributed by atoms with van der Waals surface area (Å²) in [6, 6.07) is 6.77. The Kier molecular flexibility index (Phi) is 13.3. The van der Waals surface area contributed by atoms with E-state index in [1.54, 1.807) is 33.5 Å². The average Bonchev–Trinajstić information content (AvgIpc) is 3.22. The van der Waals surface area contributed by atoms with Crippen LogP contribution in [0.25, 0.3) is 11.1 Å². The van der Waals surface area contributed by atoms with Gasteiger partial charge < -0.3 is 24.3 Å². The summed E-state index contributed by atoms with van der Waals surface area (Å²) in [6.45, 7) is 2.25. The maximum atomic E-state index is 13.1. The molecular weight excluding hydrogens is 518 g/mol. The van der Waals surface area contributed by atoms with Gasteiger partial charge in [0, 0.05) is 12.0 Å². The van der Waals surface area contributed by atoms with Crippen LogP contribution in [0.5, 0.6) is 23.0 Å². The molecular formula is C34H49NO6. The smallest absolute Gasteiger partial charge is 0.220 e. The highest BCUT2D eigenvalue weighted by molar-refractivity contribution is 5.83. The van der Waals surface area contributed by atoms with E-state index in [2.05, 4.69) is 12.2 Å². The van der Waals surface area contributed by atoms with Crippen molar-refractivity contribution in [1.29, 1.82) is 0 Å². The number of carbonyl (C=O) groups is 1. The minimum absolute atomic E-state index is 0.0101. The molecule has 1 aliphatic carbocycles. The Hall–Kier alpha value is -3.22. The van der Waals surface area contributed by atoms with E-state index in [0.717, 1.165) is 35.1 Å². The largest absolute Gasteiger partial charge is 0.493 e. The Bertz CT molecular complexity index is 1190. The topological polar surface area (TPSA) is 83.1 Å². The molecule has 41 heavy (non-hydrogen) atoms. The SMILES string of the molecule is CCCCCCCCCCCCCC(=O)N[C@H]1CCc2cc(OC)c(OC)c(OC)c2-c2ccc(OC)c(=O)cc21. The van der Waals surface area contributed by atoms with Crippen LogP contribution in [0, 0.1) is 0 Å². The van der Waals surface area contributed by atoms with E-state index in [1.807, 2.05) is 12.1 Å². The summed E-state index contributed by atoms with van der Waals surface area (Å²) < 4.78 is 22.5. The molecule has 0 unspecified atom stereocenters. The van der Waals surface area contributed by atoms with Gasteiger partial charge in [-0.25, -0.2) is 0 Å². The summed E-state index contributed by atoms with van der Waals surface area (Å²) in [7, 11) is 6.25. The van der Waals surface area contributed by atoms with Gasteiger partial charge in [-0.2, -0.15) is 0 Å². The van der Waals surface area contributed by atoms with Gasteiger partial charge in [0.15, 0.2) is 17.2 Å². The normalized spacial score (nSPS) is 13.9. The number of fused-ring (bicyclic) bond motifs is 3. The Balaban J connectivity index is 1.73. The fourth-order valence-corrected chi connectivity index (χ4v) is 5.83. The number of amides is 1. The highest BCUT2D eigenvalue weighted by atomic mass is 16.5. The lowest BCUT2D eigenvalue weighted by Gasteiger charge is -2.20. The van der Waals surface area contributed by atoms with Gasteiger partial charge in [-0.3, -0.25) is 9.59 Å². The second-order valence-electron chi connectivity index (χ2n) is 10.9. The van der Waals surface area contributed by atoms with Crippen molar-refractivity contribution in [3.05, 3.63) is 45.6 Å². The number of aryl methyl sites for hydroxylation is 1. The minimum Gasteiger partial charge on any atom is -0.493 e. The molecule has 0 heterocycles. The first-order chi connectivity index (χ1) is 20.0.